The zero-order valence-corrected chi connectivity index (χ0v) is 14.2. The lowest BCUT2D eigenvalue weighted by molar-refractivity contribution is -0.144. The summed E-state index contributed by atoms with van der Waals surface area (Å²) in [5.41, 5.74) is 1.15. The van der Waals surface area contributed by atoms with Crippen LogP contribution in [0.25, 0.3) is 6.08 Å². The fourth-order valence-corrected chi connectivity index (χ4v) is 2.47. The van der Waals surface area contributed by atoms with Crippen LogP contribution in [0, 0.1) is 0 Å². The van der Waals surface area contributed by atoms with Gasteiger partial charge in [0, 0.05) is 11.1 Å². The number of benzene rings is 2. The maximum Gasteiger partial charge on any atom is 0.344 e. The Hall–Kier alpha value is -3.28. The first-order valence-electron chi connectivity index (χ1n) is 8.15. The van der Waals surface area contributed by atoms with Gasteiger partial charge in [-0.25, -0.2) is 4.79 Å². The summed E-state index contributed by atoms with van der Waals surface area (Å²) >= 11 is 0. The fraction of sp³-hybridized carbons (Fsp3) is 0.200. The number of para-hydroxylation sites is 1. The highest BCUT2D eigenvalue weighted by Crippen LogP contribution is 2.34. The highest BCUT2D eigenvalue weighted by molar-refractivity contribution is 6.07. The van der Waals surface area contributed by atoms with Crippen LogP contribution >= 0.6 is 0 Å². The van der Waals surface area contributed by atoms with Crippen LogP contribution in [0.3, 0.4) is 0 Å². The van der Waals surface area contributed by atoms with Crippen molar-refractivity contribution in [3.8, 4) is 17.2 Å². The van der Waals surface area contributed by atoms with E-state index in [2.05, 4.69) is 0 Å². The molecule has 1 atom stereocenters. The van der Waals surface area contributed by atoms with Crippen LogP contribution in [0.5, 0.6) is 17.2 Å². The van der Waals surface area contributed by atoms with Crippen molar-refractivity contribution in [2.24, 2.45) is 0 Å². The third-order valence-electron chi connectivity index (χ3n) is 3.79. The quantitative estimate of drug-likeness (QED) is 0.634. The Morgan fingerprint density at radius 3 is 2.73 bits per heavy atom. The van der Waals surface area contributed by atoms with E-state index in [1.165, 1.54) is 19.1 Å². The summed E-state index contributed by atoms with van der Waals surface area (Å²) in [6.07, 6.45) is 2.11. The van der Waals surface area contributed by atoms with Gasteiger partial charge in [0.1, 0.15) is 19.0 Å². The number of fused-ring (bicyclic) bond motifs is 1. The van der Waals surface area contributed by atoms with Crippen molar-refractivity contribution in [1.29, 1.82) is 0 Å². The van der Waals surface area contributed by atoms with Crippen LogP contribution in [0.1, 0.15) is 22.8 Å². The molecular weight excluding hydrogens is 336 g/mol. The molecule has 0 radical (unpaired) electrons. The van der Waals surface area contributed by atoms with Crippen molar-refractivity contribution < 1.29 is 28.9 Å². The van der Waals surface area contributed by atoms with E-state index >= 15 is 0 Å². The SMILES string of the molecule is C[C@@H](Oc1cccc(C(=O)/C=C\c2cccc3c2OCCO3)c1)C(=O)O. The molecule has 134 valence electrons. The molecular formula is C20H18O6. The Balaban J connectivity index is 1.76. The zero-order chi connectivity index (χ0) is 18.5. The van der Waals surface area contributed by atoms with Gasteiger partial charge in [0.2, 0.25) is 0 Å². The molecule has 0 spiro atoms. The smallest absolute Gasteiger partial charge is 0.344 e. The number of carboxylic acid groups (broad SMARTS) is 1. The van der Waals surface area contributed by atoms with Crippen molar-refractivity contribution >= 4 is 17.8 Å². The van der Waals surface area contributed by atoms with Gasteiger partial charge < -0.3 is 19.3 Å². The minimum absolute atomic E-state index is 0.229. The molecule has 0 amide bonds. The van der Waals surface area contributed by atoms with Gasteiger partial charge in [0.15, 0.2) is 23.4 Å². The van der Waals surface area contributed by atoms with Gasteiger partial charge in [0.05, 0.1) is 0 Å². The Morgan fingerprint density at radius 1 is 1.15 bits per heavy atom. The number of ether oxygens (including phenoxy) is 3. The average Bonchev–Trinajstić information content (AvgIpc) is 2.66. The molecule has 1 aliphatic rings. The molecule has 0 unspecified atom stereocenters. The molecule has 6 heteroatoms. The topological polar surface area (TPSA) is 82.1 Å². The average molecular weight is 354 g/mol. The van der Waals surface area contributed by atoms with E-state index in [1.807, 2.05) is 18.2 Å². The van der Waals surface area contributed by atoms with Gasteiger partial charge in [-0.05, 0) is 37.3 Å². The molecule has 0 saturated carbocycles. The molecule has 0 aromatic heterocycles. The van der Waals surface area contributed by atoms with E-state index in [1.54, 1.807) is 24.3 Å². The Kier molecular flexibility index (Phi) is 5.22. The molecule has 1 heterocycles. The van der Waals surface area contributed by atoms with Gasteiger partial charge in [-0.2, -0.15) is 0 Å². The first-order valence-corrected chi connectivity index (χ1v) is 8.15. The van der Waals surface area contributed by atoms with Gasteiger partial charge in [-0.3, -0.25) is 4.79 Å². The number of carboxylic acids is 1. The Labute approximate surface area is 150 Å². The summed E-state index contributed by atoms with van der Waals surface area (Å²) in [5, 5.41) is 8.90. The molecule has 6 nitrogen and oxygen atoms in total. The summed E-state index contributed by atoms with van der Waals surface area (Å²) in [6, 6.07) is 11.9. The van der Waals surface area contributed by atoms with Gasteiger partial charge in [0.25, 0.3) is 0 Å². The maximum atomic E-state index is 12.4. The van der Waals surface area contributed by atoms with E-state index in [0.717, 1.165) is 5.56 Å². The minimum Gasteiger partial charge on any atom is -0.486 e. The van der Waals surface area contributed by atoms with Crippen molar-refractivity contribution in [1.82, 2.24) is 0 Å². The Bertz CT molecular complexity index is 855. The third kappa shape index (κ3) is 4.03. The van der Waals surface area contributed by atoms with Crippen LogP contribution in [-0.2, 0) is 4.79 Å². The van der Waals surface area contributed by atoms with E-state index in [0.29, 0.717) is 36.0 Å². The van der Waals surface area contributed by atoms with Crippen molar-refractivity contribution in [2.45, 2.75) is 13.0 Å². The summed E-state index contributed by atoms with van der Waals surface area (Å²) in [6.45, 7) is 2.39. The van der Waals surface area contributed by atoms with Crippen molar-refractivity contribution in [2.75, 3.05) is 13.2 Å². The number of aliphatic carboxylic acids is 1. The molecule has 2 aromatic rings. The normalized spacial score (nSPS) is 14.0. The second-order valence-electron chi connectivity index (χ2n) is 5.70. The number of rotatable bonds is 6. The molecule has 3 rings (SSSR count). The van der Waals surface area contributed by atoms with E-state index in [4.69, 9.17) is 19.3 Å². The second kappa shape index (κ2) is 7.74. The molecule has 0 aliphatic carbocycles. The molecule has 0 fully saturated rings. The van der Waals surface area contributed by atoms with Crippen molar-refractivity contribution in [3.63, 3.8) is 0 Å². The lowest BCUT2D eigenvalue weighted by Crippen LogP contribution is -2.22. The highest BCUT2D eigenvalue weighted by atomic mass is 16.6. The summed E-state index contributed by atoms with van der Waals surface area (Å²) < 4.78 is 16.4. The summed E-state index contributed by atoms with van der Waals surface area (Å²) in [7, 11) is 0. The van der Waals surface area contributed by atoms with E-state index in [9.17, 15) is 9.59 Å². The Morgan fingerprint density at radius 2 is 1.92 bits per heavy atom. The van der Waals surface area contributed by atoms with Gasteiger partial charge in [-0.1, -0.05) is 24.3 Å². The molecule has 26 heavy (non-hydrogen) atoms. The predicted octanol–water partition coefficient (Wildman–Crippen LogP) is 3.21. The van der Waals surface area contributed by atoms with E-state index < -0.39 is 12.1 Å². The molecule has 1 N–H and O–H groups in total. The lowest BCUT2D eigenvalue weighted by Gasteiger charge is -2.19. The number of ketones is 1. The van der Waals surface area contributed by atoms with Crippen LogP contribution in [0.4, 0.5) is 0 Å². The fourth-order valence-electron chi connectivity index (χ4n) is 2.47. The number of carbonyl (C=O) groups is 2. The number of carbonyl (C=O) groups excluding carboxylic acids is 1. The van der Waals surface area contributed by atoms with Crippen LogP contribution < -0.4 is 14.2 Å². The third-order valence-corrected chi connectivity index (χ3v) is 3.79. The predicted molar refractivity (Wildman–Crippen MR) is 95.0 cm³/mol. The number of hydrogen-bond donors (Lipinski definition) is 1. The van der Waals surface area contributed by atoms with Crippen LogP contribution in [-0.4, -0.2) is 36.2 Å². The summed E-state index contributed by atoms with van der Waals surface area (Å²) in [5.74, 6) is 0.303. The zero-order valence-electron chi connectivity index (χ0n) is 14.2. The van der Waals surface area contributed by atoms with Crippen LogP contribution in [0.2, 0.25) is 0 Å². The standard InChI is InChI=1S/C20H18O6/c1-13(20(22)23)26-16-6-2-5-15(12-16)17(21)9-8-14-4-3-7-18-19(14)25-11-10-24-18/h2-9,12-13H,10-11H2,1H3,(H,22,23)/b9-8-/t13-/m1/s1. The van der Waals surface area contributed by atoms with E-state index in [-0.39, 0.29) is 5.78 Å². The van der Waals surface area contributed by atoms with Gasteiger partial charge in [-0.15, -0.1) is 0 Å². The number of hydrogen-bond acceptors (Lipinski definition) is 5. The second-order valence-corrected chi connectivity index (χ2v) is 5.70. The molecule has 1 aliphatic heterocycles. The maximum absolute atomic E-state index is 12.4. The molecule has 2 aromatic carbocycles. The highest BCUT2D eigenvalue weighted by Gasteiger charge is 2.15. The lowest BCUT2D eigenvalue weighted by atomic mass is 10.1. The monoisotopic (exact) mass is 354 g/mol. The first-order chi connectivity index (χ1) is 12.5. The van der Waals surface area contributed by atoms with Crippen molar-refractivity contribution in [3.05, 3.63) is 59.7 Å². The largest absolute Gasteiger partial charge is 0.486 e. The van der Waals surface area contributed by atoms with Crippen LogP contribution in [0.15, 0.2) is 48.5 Å². The molecule has 0 saturated heterocycles. The minimum atomic E-state index is -1.07. The first kappa shape index (κ1) is 17.5. The summed E-state index contributed by atoms with van der Waals surface area (Å²) in [4.78, 5) is 23.3. The number of allylic oxidation sites excluding steroid dienone is 1. The van der Waals surface area contributed by atoms with Gasteiger partial charge >= 0.3 is 5.97 Å². The molecule has 0 bridgehead atoms.